The van der Waals surface area contributed by atoms with Crippen molar-refractivity contribution >= 4 is 16.7 Å². The lowest BCUT2D eigenvalue weighted by Gasteiger charge is -2.02. The van der Waals surface area contributed by atoms with Crippen molar-refractivity contribution in [1.29, 1.82) is 0 Å². The summed E-state index contributed by atoms with van der Waals surface area (Å²) in [5.41, 5.74) is 6.39. The Hall–Kier alpha value is -1.85. The first-order chi connectivity index (χ1) is 7.58. The van der Waals surface area contributed by atoms with E-state index in [4.69, 9.17) is 10.5 Å². The number of ether oxygens (including phenoxy) is 1. The second-order valence-electron chi connectivity index (χ2n) is 3.65. The molecule has 86 valence electrons. The maximum absolute atomic E-state index is 12.7. The van der Waals surface area contributed by atoms with Crippen molar-refractivity contribution in [3.63, 3.8) is 0 Å². The molecule has 2 aromatic heterocycles. The summed E-state index contributed by atoms with van der Waals surface area (Å²) in [7, 11) is 1.77. The number of alkyl halides is 1. The van der Waals surface area contributed by atoms with Crippen molar-refractivity contribution in [2.24, 2.45) is 7.05 Å². The molecule has 2 rings (SSSR count). The summed E-state index contributed by atoms with van der Waals surface area (Å²) in [6.07, 6.45) is 0.550. The fourth-order valence-electron chi connectivity index (χ4n) is 1.44. The Bertz CT molecular complexity index is 509. The number of hydrogen-bond donors (Lipinski definition) is 1. The van der Waals surface area contributed by atoms with Gasteiger partial charge in [0.05, 0.1) is 10.9 Å². The summed E-state index contributed by atoms with van der Waals surface area (Å²) >= 11 is 0. The number of anilines is 1. The van der Waals surface area contributed by atoms with E-state index in [9.17, 15) is 4.39 Å². The zero-order valence-corrected chi connectivity index (χ0v) is 9.14. The van der Waals surface area contributed by atoms with Gasteiger partial charge in [0.15, 0.2) is 0 Å². The van der Waals surface area contributed by atoms with E-state index in [-0.39, 0.29) is 6.61 Å². The van der Waals surface area contributed by atoms with Gasteiger partial charge in [0.25, 0.3) is 0 Å². The lowest BCUT2D eigenvalue weighted by molar-refractivity contribution is 0.204. The Labute approximate surface area is 92.0 Å². The minimum atomic E-state index is -1.03. The van der Waals surface area contributed by atoms with Crippen molar-refractivity contribution in [2.75, 3.05) is 12.3 Å². The van der Waals surface area contributed by atoms with Gasteiger partial charge in [0, 0.05) is 19.3 Å². The zero-order valence-electron chi connectivity index (χ0n) is 9.14. The molecular weight excluding hydrogens is 211 g/mol. The molecule has 0 aliphatic rings. The van der Waals surface area contributed by atoms with Gasteiger partial charge in [0.1, 0.15) is 18.6 Å². The van der Waals surface area contributed by atoms with Gasteiger partial charge < -0.3 is 10.5 Å². The number of pyridine rings is 1. The number of rotatable bonds is 3. The number of nitrogens with two attached hydrogens (primary N) is 1. The number of hydrogen-bond acceptors (Lipinski definition) is 4. The Morgan fingerprint density at radius 2 is 2.38 bits per heavy atom. The predicted octanol–water partition coefficient (Wildman–Crippen LogP) is 1.29. The number of aromatic nitrogens is 3. The molecular formula is C10H13FN4O. The largest absolute Gasteiger partial charge is 0.473 e. The number of aryl methyl sites for hydroxylation is 1. The van der Waals surface area contributed by atoms with Crippen molar-refractivity contribution in [3.05, 3.63) is 12.3 Å². The van der Waals surface area contributed by atoms with Crippen molar-refractivity contribution in [2.45, 2.75) is 13.1 Å². The Morgan fingerprint density at radius 1 is 1.62 bits per heavy atom. The van der Waals surface area contributed by atoms with E-state index >= 15 is 0 Å². The molecule has 2 aromatic rings. The lowest BCUT2D eigenvalue weighted by Crippen LogP contribution is -2.08. The first-order valence-corrected chi connectivity index (χ1v) is 4.93. The highest BCUT2D eigenvalue weighted by atomic mass is 19.1. The van der Waals surface area contributed by atoms with E-state index in [2.05, 4.69) is 10.1 Å². The predicted molar refractivity (Wildman–Crippen MR) is 59.0 cm³/mol. The summed E-state index contributed by atoms with van der Waals surface area (Å²) in [6.45, 7) is 1.41. The molecule has 0 fully saturated rings. The minimum absolute atomic E-state index is 0.0174. The second-order valence-corrected chi connectivity index (χ2v) is 3.65. The van der Waals surface area contributed by atoms with E-state index in [1.807, 2.05) is 0 Å². The fraction of sp³-hybridized carbons (Fsp3) is 0.400. The first-order valence-electron chi connectivity index (χ1n) is 4.93. The maximum atomic E-state index is 12.7. The number of halogens is 1. The highest BCUT2D eigenvalue weighted by Crippen LogP contribution is 2.24. The fourth-order valence-corrected chi connectivity index (χ4v) is 1.44. The molecule has 0 saturated carbocycles. The average molecular weight is 224 g/mol. The van der Waals surface area contributed by atoms with E-state index in [1.165, 1.54) is 6.92 Å². The SMILES string of the molecule is CC(F)COc1nn(C)c2cc(N)ncc12. The van der Waals surface area contributed by atoms with Gasteiger partial charge in [0.2, 0.25) is 5.88 Å². The van der Waals surface area contributed by atoms with Crippen LogP contribution < -0.4 is 10.5 Å². The molecule has 0 aliphatic heterocycles. The molecule has 16 heavy (non-hydrogen) atoms. The topological polar surface area (TPSA) is 66.0 Å². The van der Waals surface area contributed by atoms with Crippen molar-refractivity contribution in [1.82, 2.24) is 14.8 Å². The molecule has 6 heteroatoms. The van der Waals surface area contributed by atoms with Gasteiger partial charge in [-0.3, -0.25) is 4.68 Å². The van der Waals surface area contributed by atoms with E-state index < -0.39 is 6.17 Å². The maximum Gasteiger partial charge on any atom is 0.242 e. The summed E-state index contributed by atoms with van der Waals surface area (Å²) in [5.74, 6) is 0.801. The van der Waals surface area contributed by atoms with Crippen LogP contribution in [0.4, 0.5) is 10.2 Å². The van der Waals surface area contributed by atoms with Gasteiger partial charge in [-0.2, -0.15) is 0 Å². The molecule has 0 spiro atoms. The number of fused-ring (bicyclic) bond motifs is 1. The van der Waals surface area contributed by atoms with Crippen LogP contribution in [0.1, 0.15) is 6.92 Å². The molecule has 1 atom stereocenters. The molecule has 2 N–H and O–H groups in total. The third kappa shape index (κ3) is 1.91. The summed E-state index contributed by atoms with van der Waals surface area (Å²) in [4.78, 5) is 3.96. The summed E-state index contributed by atoms with van der Waals surface area (Å²) in [6, 6.07) is 1.70. The Kier molecular flexibility index (Phi) is 2.64. The van der Waals surface area contributed by atoms with E-state index in [0.717, 1.165) is 10.9 Å². The monoisotopic (exact) mass is 224 g/mol. The van der Waals surface area contributed by atoms with E-state index in [1.54, 1.807) is 24.0 Å². The molecule has 0 bridgehead atoms. The highest BCUT2D eigenvalue weighted by Gasteiger charge is 2.11. The Balaban J connectivity index is 2.39. The summed E-state index contributed by atoms with van der Waals surface area (Å²) in [5, 5.41) is 4.87. The molecule has 5 nitrogen and oxygen atoms in total. The van der Waals surface area contributed by atoms with Crippen LogP contribution in [0.5, 0.6) is 5.88 Å². The van der Waals surface area contributed by atoms with Crippen LogP contribution in [-0.2, 0) is 7.05 Å². The minimum Gasteiger partial charge on any atom is -0.473 e. The van der Waals surface area contributed by atoms with Crippen LogP contribution >= 0.6 is 0 Å². The normalized spacial score (nSPS) is 12.9. The van der Waals surface area contributed by atoms with Crippen LogP contribution in [0, 0.1) is 0 Å². The van der Waals surface area contributed by atoms with Gasteiger partial charge in [-0.15, -0.1) is 5.10 Å². The smallest absolute Gasteiger partial charge is 0.242 e. The van der Waals surface area contributed by atoms with Gasteiger partial charge >= 0.3 is 0 Å². The highest BCUT2D eigenvalue weighted by molar-refractivity contribution is 5.85. The van der Waals surface area contributed by atoms with Crippen molar-refractivity contribution < 1.29 is 9.13 Å². The van der Waals surface area contributed by atoms with Crippen LogP contribution in [0.25, 0.3) is 10.9 Å². The third-order valence-corrected chi connectivity index (χ3v) is 2.17. The standard InChI is InChI=1S/C10H13FN4O/c1-6(11)5-16-10-7-4-13-9(12)3-8(7)15(2)14-10/h3-4,6H,5H2,1-2H3,(H2,12,13). The number of nitrogen functional groups attached to an aromatic ring is 1. The number of nitrogens with zero attached hydrogens (tertiary/aromatic N) is 3. The Morgan fingerprint density at radius 3 is 3.06 bits per heavy atom. The second kappa shape index (κ2) is 3.96. The zero-order chi connectivity index (χ0) is 11.7. The molecule has 0 aliphatic carbocycles. The van der Waals surface area contributed by atoms with Gasteiger partial charge in [-0.25, -0.2) is 9.37 Å². The third-order valence-electron chi connectivity index (χ3n) is 2.17. The molecule has 0 radical (unpaired) electrons. The van der Waals surface area contributed by atoms with Gasteiger partial charge in [-0.05, 0) is 6.92 Å². The van der Waals surface area contributed by atoms with Crippen LogP contribution in [-0.4, -0.2) is 27.5 Å². The first kappa shape index (κ1) is 10.7. The van der Waals surface area contributed by atoms with Crippen molar-refractivity contribution in [3.8, 4) is 5.88 Å². The van der Waals surface area contributed by atoms with Crippen LogP contribution in [0.2, 0.25) is 0 Å². The quantitative estimate of drug-likeness (QED) is 0.853. The average Bonchev–Trinajstić information content (AvgIpc) is 2.53. The lowest BCUT2D eigenvalue weighted by atomic mass is 10.3. The van der Waals surface area contributed by atoms with E-state index in [0.29, 0.717) is 11.7 Å². The molecule has 0 aromatic carbocycles. The van der Waals surface area contributed by atoms with Crippen LogP contribution in [0.15, 0.2) is 12.3 Å². The molecule has 0 saturated heterocycles. The summed E-state index contributed by atoms with van der Waals surface area (Å²) < 4.78 is 19.5. The van der Waals surface area contributed by atoms with Crippen LogP contribution in [0.3, 0.4) is 0 Å². The molecule has 2 heterocycles. The molecule has 1 unspecified atom stereocenters. The molecule has 0 amide bonds. The van der Waals surface area contributed by atoms with Gasteiger partial charge in [-0.1, -0.05) is 0 Å².